The van der Waals surface area contributed by atoms with Gasteiger partial charge in [-0.15, -0.1) is 0 Å². The molecule has 0 bridgehead atoms. The maximum Gasteiger partial charge on any atom is 0.418 e. The summed E-state index contributed by atoms with van der Waals surface area (Å²) in [7, 11) is 0. The minimum atomic E-state index is -0.708. The number of nitrogens with one attached hydrogen (secondary N) is 2. The monoisotopic (exact) mass is 297 g/mol. The standard InChI is InChI=1S/C17H17N2O3/c1-2-12-21-14-8-10-15(11-9-14)22-17(20)19-16(18)13-6-4-3-5-7-13/h4-11H,2,12H2,1H3,(H2,18,19,20). The quantitative estimate of drug-likeness (QED) is 0.656. The van der Waals surface area contributed by atoms with Gasteiger partial charge in [0.1, 0.15) is 17.3 Å². The van der Waals surface area contributed by atoms with Crippen molar-refractivity contribution in [1.29, 1.82) is 5.41 Å². The van der Waals surface area contributed by atoms with E-state index in [0.29, 0.717) is 17.9 Å². The second kappa shape index (κ2) is 7.83. The summed E-state index contributed by atoms with van der Waals surface area (Å²) in [5.41, 5.74) is 0.582. The Morgan fingerprint density at radius 3 is 2.41 bits per heavy atom. The highest BCUT2D eigenvalue weighted by Gasteiger charge is 2.08. The molecule has 0 fully saturated rings. The second-order valence-electron chi connectivity index (χ2n) is 4.50. The van der Waals surface area contributed by atoms with Gasteiger partial charge in [0, 0.05) is 5.56 Å². The molecule has 113 valence electrons. The van der Waals surface area contributed by atoms with E-state index in [4.69, 9.17) is 14.9 Å². The molecule has 0 aliphatic carbocycles. The van der Waals surface area contributed by atoms with Gasteiger partial charge >= 0.3 is 6.09 Å². The summed E-state index contributed by atoms with van der Waals surface area (Å²) in [5, 5.41) is 10.2. The zero-order valence-corrected chi connectivity index (χ0v) is 12.3. The fourth-order valence-corrected chi connectivity index (χ4v) is 1.68. The van der Waals surface area contributed by atoms with Gasteiger partial charge in [0.05, 0.1) is 6.61 Å². The molecule has 1 radical (unpaired) electrons. The average molecular weight is 297 g/mol. The van der Waals surface area contributed by atoms with E-state index in [-0.39, 0.29) is 5.84 Å². The molecule has 0 saturated carbocycles. The molecule has 0 aliphatic rings. The highest BCUT2D eigenvalue weighted by Crippen LogP contribution is 2.17. The van der Waals surface area contributed by atoms with Gasteiger partial charge in [-0.1, -0.05) is 31.2 Å². The number of ether oxygens (including phenoxy) is 2. The molecule has 0 heterocycles. The predicted octanol–water partition coefficient (Wildman–Crippen LogP) is 3.39. The maximum absolute atomic E-state index is 11.7. The molecule has 2 aromatic carbocycles. The van der Waals surface area contributed by atoms with Crippen LogP contribution in [0.4, 0.5) is 4.79 Å². The highest BCUT2D eigenvalue weighted by atomic mass is 16.6. The van der Waals surface area contributed by atoms with Gasteiger partial charge in [-0.25, -0.2) is 4.79 Å². The van der Waals surface area contributed by atoms with Crippen molar-refractivity contribution in [2.75, 3.05) is 6.61 Å². The van der Waals surface area contributed by atoms with Crippen LogP contribution in [0, 0.1) is 11.5 Å². The Kier molecular flexibility index (Phi) is 5.54. The Bertz CT molecular complexity index is 624. The van der Waals surface area contributed by atoms with Crippen LogP contribution in [0.3, 0.4) is 0 Å². The van der Waals surface area contributed by atoms with Crippen LogP contribution in [0.5, 0.6) is 11.5 Å². The lowest BCUT2D eigenvalue weighted by Gasteiger charge is -2.09. The number of hydrogen-bond donors (Lipinski definition) is 2. The van der Waals surface area contributed by atoms with Crippen molar-refractivity contribution in [3.05, 3.63) is 60.2 Å². The van der Waals surface area contributed by atoms with E-state index in [1.54, 1.807) is 48.5 Å². The third-order valence-electron chi connectivity index (χ3n) is 2.74. The minimum Gasteiger partial charge on any atom is -0.494 e. The van der Waals surface area contributed by atoms with Crippen LogP contribution in [0.1, 0.15) is 18.9 Å². The van der Waals surface area contributed by atoms with Crippen LogP contribution >= 0.6 is 0 Å². The number of amidine groups is 1. The Morgan fingerprint density at radius 1 is 1.14 bits per heavy atom. The predicted molar refractivity (Wildman–Crippen MR) is 83.5 cm³/mol. The number of hydrogen-bond acceptors (Lipinski definition) is 4. The van der Waals surface area contributed by atoms with Crippen LogP contribution in [0.2, 0.25) is 0 Å². The molecular formula is C17H17N2O3. The summed E-state index contributed by atoms with van der Waals surface area (Å²) >= 11 is 0. The highest BCUT2D eigenvalue weighted by molar-refractivity contribution is 6.04. The van der Waals surface area contributed by atoms with Gasteiger partial charge < -0.3 is 9.47 Å². The van der Waals surface area contributed by atoms with Crippen molar-refractivity contribution >= 4 is 11.9 Å². The number of amides is 1. The Morgan fingerprint density at radius 2 is 1.77 bits per heavy atom. The van der Waals surface area contributed by atoms with Gasteiger partial charge in [-0.3, -0.25) is 10.7 Å². The molecule has 5 nitrogen and oxygen atoms in total. The lowest BCUT2D eigenvalue weighted by molar-refractivity contribution is 0.206. The van der Waals surface area contributed by atoms with Crippen LogP contribution in [-0.4, -0.2) is 18.5 Å². The lowest BCUT2D eigenvalue weighted by atomic mass is 10.2. The van der Waals surface area contributed by atoms with Gasteiger partial charge in [0.2, 0.25) is 0 Å². The average Bonchev–Trinajstić information content (AvgIpc) is 2.55. The summed E-state index contributed by atoms with van der Waals surface area (Å²) < 4.78 is 10.6. The first-order chi connectivity index (χ1) is 10.7. The van der Waals surface area contributed by atoms with E-state index >= 15 is 0 Å². The van der Waals surface area contributed by atoms with Crippen LogP contribution in [0.15, 0.2) is 48.5 Å². The Labute approximate surface area is 129 Å². The van der Waals surface area contributed by atoms with Crippen LogP contribution < -0.4 is 14.8 Å². The van der Waals surface area contributed by atoms with Crippen LogP contribution in [-0.2, 0) is 0 Å². The molecule has 2 N–H and O–H groups in total. The largest absolute Gasteiger partial charge is 0.494 e. The van der Waals surface area contributed by atoms with Gasteiger partial charge in [-0.2, -0.15) is 0 Å². The van der Waals surface area contributed by atoms with E-state index < -0.39 is 6.09 Å². The first-order valence-corrected chi connectivity index (χ1v) is 6.96. The van der Waals surface area contributed by atoms with Crippen molar-refractivity contribution in [3.63, 3.8) is 0 Å². The number of rotatable bonds is 5. The van der Waals surface area contributed by atoms with Crippen LogP contribution in [0.25, 0.3) is 0 Å². The SMILES string of the molecule is CCCOc1ccc(OC(=O)NC(=N)c2cc[c]cc2)cc1. The van der Waals surface area contributed by atoms with E-state index in [0.717, 1.165) is 12.2 Å². The molecule has 0 saturated heterocycles. The second-order valence-corrected chi connectivity index (χ2v) is 4.50. The molecule has 2 aromatic rings. The summed E-state index contributed by atoms with van der Waals surface area (Å²) in [6.07, 6.45) is 0.222. The number of benzene rings is 2. The molecule has 22 heavy (non-hydrogen) atoms. The fraction of sp³-hybridized carbons (Fsp3) is 0.176. The summed E-state index contributed by atoms with van der Waals surface area (Å²) in [5.74, 6) is 1.08. The van der Waals surface area contributed by atoms with Crippen molar-refractivity contribution in [3.8, 4) is 11.5 Å². The van der Waals surface area contributed by atoms with Gasteiger partial charge in [0.25, 0.3) is 0 Å². The number of carbonyl (C=O) groups is 1. The molecule has 0 aromatic heterocycles. The van der Waals surface area contributed by atoms with Crippen molar-refractivity contribution < 1.29 is 14.3 Å². The summed E-state index contributed by atoms with van der Waals surface area (Å²) in [6.45, 7) is 2.67. The molecule has 0 unspecified atom stereocenters. The van der Waals surface area contributed by atoms with Crippen molar-refractivity contribution in [1.82, 2.24) is 5.32 Å². The lowest BCUT2D eigenvalue weighted by Crippen LogP contribution is -2.32. The molecule has 0 spiro atoms. The Hall–Kier alpha value is -2.82. The maximum atomic E-state index is 11.7. The number of carbonyl (C=O) groups excluding carboxylic acids is 1. The molecule has 5 heteroatoms. The summed E-state index contributed by atoms with van der Waals surface area (Å²) in [6, 6.07) is 16.3. The summed E-state index contributed by atoms with van der Waals surface area (Å²) in [4.78, 5) is 11.7. The smallest absolute Gasteiger partial charge is 0.418 e. The zero-order chi connectivity index (χ0) is 15.8. The molecule has 2 rings (SSSR count). The molecular weight excluding hydrogens is 280 g/mol. The Balaban J connectivity index is 1.88. The van der Waals surface area contributed by atoms with E-state index in [2.05, 4.69) is 11.4 Å². The molecule has 0 aliphatic heterocycles. The third kappa shape index (κ3) is 4.63. The van der Waals surface area contributed by atoms with Gasteiger partial charge in [-0.05, 0) is 36.8 Å². The van der Waals surface area contributed by atoms with E-state index in [1.807, 2.05) is 6.92 Å². The zero-order valence-electron chi connectivity index (χ0n) is 12.3. The topological polar surface area (TPSA) is 71.4 Å². The minimum absolute atomic E-state index is 0.0260. The first-order valence-electron chi connectivity index (χ1n) is 6.96. The molecule has 0 atom stereocenters. The van der Waals surface area contributed by atoms with Crippen molar-refractivity contribution in [2.24, 2.45) is 0 Å². The normalized spacial score (nSPS) is 9.86. The van der Waals surface area contributed by atoms with Crippen molar-refractivity contribution in [2.45, 2.75) is 13.3 Å². The first kappa shape index (κ1) is 15.6. The van der Waals surface area contributed by atoms with E-state index in [1.165, 1.54) is 0 Å². The third-order valence-corrected chi connectivity index (χ3v) is 2.74. The fourth-order valence-electron chi connectivity index (χ4n) is 1.68. The van der Waals surface area contributed by atoms with E-state index in [9.17, 15) is 4.79 Å². The molecule has 1 amide bonds. The van der Waals surface area contributed by atoms with Gasteiger partial charge in [0.15, 0.2) is 0 Å².